The molecule has 0 atom stereocenters. The smallest absolute Gasteiger partial charge is 0.323 e. The van der Waals surface area contributed by atoms with Crippen LogP contribution >= 0.6 is 0 Å². The fraction of sp³-hybridized carbons (Fsp3) is 0.130. The molecule has 0 aliphatic rings. The number of aromatic nitrogens is 4. The molecule has 0 aliphatic heterocycles. The Kier molecular flexibility index (Phi) is 6.26. The lowest BCUT2D eigenvalue weighted by atomic mass is 10.2. The summed E-state index contributed by atoms with van der Waals surface area (Å²) in [6.45, 7) is 4.35. The van der Waals surface area contributed by atoms with Crippen LogP contribution in [-0.2, 0) is 0 Å². The predicted molar refractivity (Wildman–Crippen MR) is 124 cm³/mol. The molecule has 2 aromatic carbocycles. The van der Waals surface area contributed by atoms with Gasteiger partial charge in [-0.05, 0) is 68.4 Å². The summed E-state index contributed by atoms with van der Waals surface area (Å²) in [4.78, 5) is 21.1. The van der Waals surface area contributed by atoms with Gasteiger partial charge in [0.2, 0.25) is 0 Å². The number of ether oxygens (including phenoxy) is 1. The van der Waals surface area contributed by atoms with Crippen LogP contribution in [0.1, 0.15) is 12.7 Å². The standard InChI is InChI=1S/C23H23N7O2/c1-3-32-20-11-9-19(10-12-20)29-23(31)28-18-7-5-17(6-8-18)27-21-15-22(26-16(2)25-21)30-14-4-13-24-30/h4-15H,3H2,1-2H3,(H,25,26,27)(H2,28,29,31). The number of amides is 2. The zero-order valence-electron chi connectivity index (χ0n) is 17.7. The topological polar surface area (TPSA) is 106 Å². The monoisotopic (exact) mass is 429 g/mol. The van der Waals surface area contributed by atoms with E-state index in [2.05, 4.69) is 31.0 Å². The van der Waals surface area contributed by atoms with Gasteiger partial charge in [-0.15, -0.1) is 0 Å². The first-order valence-electron chi connectivity index (χ1n) is 10.1. The molecule has 3 N–H and O–H groups in total. The normalized spacial score (nSPS) is 10.4. The third-order valence-corrected chi connectivity index (χ3v) is 4.40. The minimum Gasteiger partial charge on any atom is -0.494 e. The highest BCUT2D eigenvalue weighted by molar-refractivity contribution is 5.99. The maximum absolute atomic E-state index is 12.3. The Hall–Kier alpha value is -4.40. The molecule has 2 amide bonds. The Morgan fingerprint density at radius 2 is 1.62 bits per heavy atom. The highest BCUT2D eigenvalue weighted by Gasteiger charge is 2.06. The Bertz CT molecular complexity index is 1170. The lowest BCUT2D eigenvalue weighted by molar-refractivity contribution is 0.262. The van der Waals surface area contributed by atoms with Crippen molar-refractivity contribution in [1.82, 2.24) is 19.7 Å². The summed E-state index contributed by atoms with van der Waals surface area (Å²) in [5.74, 6) is 2.72. The summed E-state index contributed by atoms with van der Waals surface area (Å²) in [5, 5.41) is 13.1. The van der Waals surface area contributed by atoms with Crippen molar-refractivity contribution in [2.75, 3.05) is 22.6 Å². The first-order chi connectivity index (χ1) is 15.6. The molecule has 0 spiro atoms. The minimum absolute atomic E-state index is 0.329. The number of carbonyl (C=O) groups is 1. The van der Waals surface area contributed by atoms with Crippen molar-refractivity contribution in [2.24, 2.45) is 0 Å². The summed E-state index contributed by atoms with van der Waals surface area (Å²) in [5.41, 5.74) is 2.17. The average Bonchev–Trinajstić information content (AvgIpc) is 3.31. The van der Waals surface area contributed by atoms with Crippen LogP contribution in [0, 0.1) is 6.92 Å². The summed E-state index contributed by atoms with van der Waals surface area (Å²) >= 11 is 0. The second-order valence-corrected chi connectivity index (χ2v) is 6.85. The van der Waals surface area contributed by atoms with E-state index < -0.39 is 0 Å². The van der Waals surface area contributed by atoms with Gasteiger partial charge in [-0.3, -0.25) is 0 Å². The van der Waals surface area contributed by atoms with Crippen LogP contribution in [0.4, 0.5) is 27.7 Å². The van der Waals surface area contributed by atoms with Crippen molar-refractivity contribution in [3.63, 3.8) is 0 Å². The summed E-state index contributed by atoms with van der Waals surface area (Å²) in [7, 11) is 0. The molecular weight excluding hydrogens is 406 g/mol. The molecule has 0 saturated carbocycles. The fourth-order valence-corrected chi connectivity index (χ4v) is 3.02. The van der Waals surface area contributed by atoms with Crippen LogP contribution in [0.15, 0.2) is 73.1 Å². The molecule has 2 heterocycles. The Labute approximate surface area is 185 Å². The molecular formula is C23H23N7O2. The predicted octanol–water partition coefficient (Wildman–Crippen LogP) is 4.76. The number of nitrogens with one attached hydrogen (secondary N) is 3. The van der Waals surface area contributed by atoms with Gasteiger partial charge in [0.1, 0.15) is 17.4 Å². The Morgan fingerprint density at radius 1 is 0.969 bits per heavy atom. The van der Waals surface area contributed by atoms with Crippen LogP contribution in [0.25, 0.3) is 5.82 Å². The van der Waals surface area contributed by atoms with Crippen LogP contribution in [0.2, 0.25) is 0 Å². The van der Waals surface area contributed by atoms with E-state index in [1.807, 2.05) is 68.6 Å². The number of benzene rings is 2. The van der Waals surface area contributed by atoms with Gasteiger partial charge < -0.3 is 20.7 Å². The maximum Gasteiger partial charge on any atom is 0.323 e. The summed E-state index contributed by atoms with van der Waals surface area (Å²) in [6, 6.07) is 17.9. The van der Waals surface area contributed by atoms with Crippen LogP contribution in [-0.4, -0.2) is 32.4 Å². The number of nitrogens with zero attached hydrogens (tertiary/aromatic N) is 4. The zero-order valence-corrected chi connectivity index (χ0v) is 17.7. The molecule has 4 rings (SSSR count). The number of anilines is 4. The van der Waals surface area contributed by atoms with Gasteiger partial charge in [0, 0.05) is 35.5 Å². The molecule has 0 unspecified atom stereocenters. The van der Waals surface area contributed by atoms with Gasteiger partial charge in [0.25, 0.3) is 0 Å². The molecule has 9 nitrogen and oxygen atoms in total. The van der Waals surface area contributed by atoms with E-state index in [-0.39, 0.29) is 6.03 Å². The summed E-state index contributed by atoms with van der Waals surface area (Å²) in [6.07, 6.45) is 3.52. The SMILES string of the molecule is CCOc1ccc(NC(=O)Nc2ccc(Nc3cc(-n4cccn4)nc(C)n3)cc2)cc1. The molecule has 162 valence electrons. The number of hydrogen-bond donors (Lipinski definition) is 3. The van der Waals surface area contributed by atoms with Gasteiger partial charge in [-0.2, -0.15) is 5.10 Å². The van der Waals surface area contributed by atoms with Gasteiger partial charge >= 0.3 is 6.03 Å². The molecule has 0 saturated heterocycles. The van der Waals surface area contributed by atoms with Crippen molar-refractivity contribution in [3.05, 3.63) is 78.9 Å². The highest BCUT2D eigenvalue weighted by Crippen LogP contribution is 2.20. The number of urea groups is 1. The Morgan fingerprint density at radius 3 is 2.25 bits per heavy atom. The zero-order chi connectivity index (χ0) is 22.3. The first kappa shape index (κ1) is 20.9. The van der Waals surface area contributed by atoms with E-state index in [9.17, 15) is 4.79 Å². The number of hydrogen-bond acceptors (Lipinski definition) is 6. The molecule has 4 aromatic rings. The summed E-state index contributed by atoms with van der Waals surface area (Å²) < 4.78 is 7.08. The average molecular weight is 429 g/mol. The highest BCUT2D eigenvalue weighted by atomic mass is 16.5. The Balaban J connectivity index is 1.36. The molecule has 0 aliphatic carbocycles. The lowest BCUT2D eigenvalue weighted by Gasteiger charge is -2.11. The van der Waals surface area contributed by atoms with Crippen molar-refractivity contribution < 1.29 is 9.53 Å². The van der Waals surface area contributed by atoms with Crippen LogP contribution < -0.4 is 20.7 Å². The van der Waals surface area contributed by atoms with E-state index in [1.165, 1.54) is 0 Å². The van der Waals surface area contributed by atoms with E-state index in [1.54, 1.807) is 23.0 Å². The second kappa shape index (κ2) is 9.61. The lowest BCUT2D eigenvalue weighted by Crippen LogP contribution is -2.19. The van der Waals surface area contributed by atoms with Gasteiger partial charge in [-0.1, -0.05) is 0 Å². The van der Waals surface area contributed by atoms with E-state index in [0.717, 1.165) is 11.4 Å². The van der Waals surface area contributed by atoms with E-state index in [0.29, 0.717) is 35.4 Å². The van der Waals surface area contributed by atoms with Crippen LogP contribution in [0.3, 0.4) is 0 Å². The van der Waals surface area contributed by atoms with Crippen molar-refractivity contribution in [3.8, 4) is 11.6 Å². The van der Waals surface area contributed by atoms with Gasteiger partial charge in [-0.25, -0.2) is 19.4 Å². The molecule has 9 heteroatoms. The molecule has 0 bridgehead atoms. The minimum atomic E-state index is -0.329. The van der Waals surface area contributed by atoms with Crippen molar-refractivity contribution in [2.45, 2.75) is 13.8 Å². The largest absolute Gasteiger partial charge is 0.494 e. The van der Waals surface area contributed by atoms with Crippen molar-refractivity contribution >= 4 is 28.9 Å². The number of carbonyl (C=O) groups excluding carboxylic acids is 1. The maximum atomic E-state index is 12.3. The van der Waals surface area contributed by atoms with E-state index in [4.69, 9.17) is 4.74 Å². The van der Waals surface area contributed by atoms with Gasteiger partial charge in [0.05, 0.1) is 6.61 Å². The van der Waals surface area contributed by atoms with Crippen molar-refractivity contribution in [1.29, 1.82) is 0 Å². The van der Waals surface area contributed by atoms with Crippen LogP contribution in [0.5, 0.6) is 5.75 Å². The third kappa shape index (κ3) is 5.39. The first-order valence-corrected chi connectivity index (χ1v) is 10.1. The fourth-order valence-electron chi connectivity index (χ4n) is 3.02. The molecule has 0 fully saturated rings. The third-order valence-electron chi connectivity index (χ3n) is 4.40. The number of aryl methyl sites for hydroxylation is 1. The van der Waals surface area contributed by atoms with Gasteiger partial charge in [0.15, 0.2) is 5.82 Å². The van der Waals surface area contributed by atoms with E-state index >= 15 is 0 Å². The number of rotatable bonds is 7. The second-order valence-electron chi connectivity index (χ2n) is 6.85. The molecule has 2 aromatic heterocycles. The molecule has 32 heavy (non-hydrogen) atoms. The quantitative estimate of drug-likeness (QED) is 0.391. The molecule has 0 radical (unpaired) electrons.